The van der Waals surface area contributed by atoms with Crippen molar-refractivity contribution in [3.8, 4) is 0 Å². The Hall–Kier alpha value is -1.96. The summed E-state index contributed by atoms with van der Waals surface area (Å²) in [4.78, 5) is 28.3. The van der Waals surface area contributed by atoms with E-state index in [0.717, 1.165) is 12.1 Å². The maximum atomic E-state index is 13.0. The molecule has 1 atom stereocenters. The number of sulfone groups is 1. The van der Waals surface area contributed by atoms with Crippen LogP contribution in [0.5, 0.6) is 0 Å². The SMILES string of the molecule is CCN(CC)C(=O)C1CCN(C(=O)C(C)S(=O)(=O)c2ccc(F)cc2)CC1. The molecule has 1 unspecified atom stereocenters. The second kappa shape index (κ2) is 8.82. The molecule has 0 aliphatic carbocycles. The maximum absolute atomic E-state index is 13.0. The first kappa shape index (κ1) is 21.3. The second-order valence-electron chi connectivity index (χ2n) is 6.75. The van der Waals surface area contributed by atoms with E-state index in [9.17, 15) is 22.4 Å². The molecular weight excluding hydrogens is 371 g/mol. The lowest BCUT2D eigenvalue weighted by Gasteiger charge is -2.34. The van der Waals surface area contributed by atoms with Gasteiger partial charge in [-0.05, 0) is 57.9 Å². The van der Waals surface area contributed by atoms with E-state index >= 15 is 0 Å². The molecule has 1 fully saturated rings. The molecule has 8 heteroatoms. The van der Waals surface area contributed by atoms with Crippen LogP contribution in [0.15, 0.2) is 29.2 Å². The molecule has 0 N–H and O–H groups in total. The molecule has 2 amide bonds. The molecule has 1 aliphatic rings. The van der Waals surface area contributed by atoms with Gasteiger partial charge in [-0.3, -0.25) is 9.59 Å². The lowest BCUT2D eigenvalue weighted by atomic mass is 9.95. The highest BCUT2D eigenvalue weighted by Crippen LogP contribution is 2.23. The standard InChI is InChI=1S/C19H27FN2O4S/c1-4-21(5-2)19(24)15-10-12-22(13-11-15)18(23)14(3)27(25,26)17-8-6-16(20)7-9-17/h6-9,14-15H,4-5,10-13H2,1-3H3. The number of benzene rings is 1. The number of piperidine rings is 1. The predicted molar refractivity (Wildman–Crippen MR) is 100 cm³/mol. The highest BCUT2D eigenvalue weighted by Gasteiger charge is 2.36. The third-order valence-electron chi connectivity index (χ3n) is 5.19. The van der Waals surface area contributed by atoms with Gasteiger partial charge >= 0.3 is 0 Å². The monoisotopic (exact) mass is 398 g/mol. The Kier molecular flexibility index (Phi) is 6.97. The highest BCUT2D eigenvalue weighted by molar-refractivity contribution is 7.92. The van der Waals surface area contributed by atoms with Gasteiger partial charge in [-0.15, -0.1) is 0 Å². The van der Waals surface area contributed by atoms with Gasteiger partial charge in [-0.25, -0.2) is 12.8 Å². The fourth-order valence-electron chi connectivity index (χ4n) is 3.36. The molecule has 0 spiro atoms. The van der Waals surface area contributed by atoms with Crippen molar-refractivity contribution in [3.05, 3.63) is 30.1 Å². The Morgan fingerprint density at radius 2 is 1.67 bits per heavy atom. The van der Waals surface area contributed by atoms with E-state index in [0.29, 0.717) is 39.0 Å². The van der Waals surface area contributed by atoms with Crippen molar-refractivity contribution in [2.45, 2.75) is 43.8 Å². The van der Waals surface area contributed by atoms with Crippen LogP contribution in [0.2, 0.25) is 0 Å². The second-order valence-corrected chi connectivity index (χ2v) is 9.02. The van der Waals surface area contributed by atoms with Crippen molar-refractivity contribution in [3.63, 3.8) is 0 Å². The minimum Gasteiger partial charge on any atom is -0.343 e. The molecule has 1 aliphatic heterocycles. The Morgan fingerprint density at radius 3 is 2.15 bits per heavy atom. The highest BCUT2D eigenvalue weighted by atomic mass is 32.2. The van der Waals surface area contributed by atoms with Crippen LogP contribution < -0.4 is 0 Å². The number of carbonyl (C=O) groups excluding carboxylic acids is 2. The van der Waals surface area contributed by atoms with Gasteiger partial charge in [0, 0.05) is 32.1 Å². The lowest BCUT2D eigenvalue weighted by molar-refractivity contribution is -0.140. The van der Waals surface area contributed by atoms with E-state index in [1.807, 2.05) is 13.8 Å². The molecule has 1 heterocycles. The maximum Gasteiger partial charge on any atom is 0.241 e. The number of hydrogen-bond acceptors (Lipinski definition) is 4. The summed E-state index contributed by atoms with van der Waals surface area (Å²) in [5, 5.41) is -1.25. The van der Waals surface area contributed by atoms with Gasteiger partial charge in [-0.1, -0.05) is 0 Å². The van der Waals surface area contributed by atoms with Crippen LogP contribution >= 0.6 is 0 Å². The van der Waals surface area contributed by atoms with Crippen LogP contribution in [0, 0.1) is 11.7 Å². The third-order valence-corrected chi connectivity index (χ3v) is 7.25. The molecule has 150 valence electrons. The Bertz CT molecular complexity index is 767. The average molecular weight is 399 g/mol. The number of hydrogen-bond donors (Lipinski definition) is 0. The Morgan fingerprint density at radius 1 is 1.15 bits per heavy atom. The smallest absolute Gasteiger partial charge is 0.241 e. The quantitative estimate of drug-likeness (QED) is 0.688. The summed E-state index contributed by atoms with van der Waals surface area (Å²) in [6, 6.07) is 4.47. The van der Waals surface area contributed by atoms with Crippen molar-refractivity contribution >= 4 is 21.7 Å². The van der Waals surface area contributed by atoms with Gasteiger partial charge in [0.25, 0.3) is 0 Å². The molecule has 2 rings (SSSR count). The molecule has 1 saturated heterocycles. The van der Waals surface area contributed by atoms with E-state index in [1.54, 1.807) is 4.90 Å². The molecule has 6 nitrogen and oxygen atoms in total. The number of nitrogens with zero attached hydrogens (tertiary/aromatic N) is 2. The molecule has 0 bridgehead atoms. The first-order valence-electron chi connectivity index (χ1n) is 9.29. The summed E-state index contributed by atoms with van der Waals surface area (Å²) in [6.45, 7) is 7.25. The van der Waals surface area contributed by atoms with Crippen LogP contribution in [0.3, 0.4) is 0 Å². The van der Waals surface area contributed by atoms with E-state index in [1.165, 1.54) is 24.0 Å². The molecule has 1 aromatic carbocycles. The van der Waals surface area contributed by atoms with Gasteiger partial charge in [0.2, 0.25) is 11.8 Å². The van der Waals surface area contributed by atoms with Crippen molar-refractivity contribution < 1.29 is 22.4 Å². The zero-order chi connectivity index (χ0) is 20.2. The van der Waals surface area contributed by atoms with Gasteiger partial charge in [0.1, 0.15) is 11.1 Å². The number of halogens is 1. The number of likely N-dealkylation sites (tertiary alicyclic amines) is 1. The Labute approximate surface area is 160 Å². The largest absolute Gasteiger partial charge is 0.343 e. The van der Waals surface area contributed by atoms with E-state index in [2.05, 4.69) is 0 Å². The zero-order valence-electron chi connectivity index (χ0n) is 16.0. The van der Waals surface area contributed by atoms with E-state index < -0.39 is 26.8 Å². The number of amides is 2. The zero-order valence-corrected chi connectivity index (χ0v) is 16.8. The van der Waals surface area contributed by atoms with Crippen LogP contribution in [0.25, 0.3) is 0 Å². The fourth-order valence-corrected chi connectivity index (χ4v) is 4.70. The van der Waals surface area contributed by atoms with Gasteiger partial charge < -0.3 is 9.80 Å². The van der Waals surface area contributed by atoms with Crippen LogP contribution in [0.4, 0.5) is 4.39 Å². The summed E-state index contributed by atoms with van der Waals surface area (Å²) in [5.74, 6) is -1.04. The van der Waals surface area contributed by atoms with Gasteiger partial charge in [-0.2, -0.15) is 0 Å². The minimum absolute atomic E-state index is 0.0728. The fraction of sp³-hybridized carbons (Fsp3) is 0.579. The van der Waals surface area contributed by atoms with Crippen LogP contribution in [0.1, 0.15) is 33.6 Å². The molecule has 0 saturated carbocycles. The summed E-state index contributed by atoms with van der Waals surface area (Å²) >= 11 is 0. The lowest BCUT2D eigenvalue weighted by Crippen LogP contribution is -2.48. The normalized spacial score (nSPS) is 16.8. The number of carbonyl (C=O) groups is 2. The predicted octanol–water partition coefficient (Wildman–Crippen LogP) is 2.09. The Balaban J connectivity index is 2.02. The van der Waals surface area contributed by atoms with Gasteiger partial charge in [0.05, 0.1) is 4.90 Å². The average Bonchev–Trinajstić information content (AvgIpc) is 2.68. The molecular formula is C19H27FN2O4S. The molecule has 0 aromatic heterocycles. The van der Waals surface area contributed by atoms with Crippen molar-refractivity contribution in [2.24, 2.45) is 5.92 Å². The number of rotatable bonds is 6. The summed E-state index contributed by atoms with van der Waals surface area (Å²) < 4.78 is 38.3. The summed E-state index contributed by atoms with van der Waals surface area (Å²) in [5.41, 5.74) is 0. The van der Waals surface area contributed by atoms with Crippen molar-refractivity contribution in [1.82, 2.24) is 9.80 Å². The van der Waals surface area contributed by atoms with E-state index in [4.69, 9.17) is 0 Å². The minimum atomic E-state index is -3.89. The van der Waals surface area contributed by atoms with Crippen molar-refractivity contribution in [1.29, 1.82) is 0 Å². The topological polar surface area (TPSA) is 74.8 Å². The third kappa shape index (κ3) is 4.66. The van der Waals surface area contributed by atoms with E-state index in [-0.39, 0.29) is 16.7 Å². The van der Waals surface area contributed by atoms with Gasteiger partial charge in [0.15, 0.2) is 9.84 Å². The first-order valence-corrected chi connectivity index (χ1v) is 10.8. The summed E-state index contributed by atoms with van der Waals surface area (Å²) in [7, 11) is -3.89. The van der Waals surface area contributed by atoms with Crippen LogP contribution in [-0.4, -0.2) is 61.5 Å². The van der Waals surface area contributed by atoms with Crippen molar-refractivity contribution in [2.75, 3.05) is 26.2 Å². The van der Waals surface area contributed by atoms with Crippen LogP contribution in [-0.2, 0) is 19.4 Å². The first-order chi connectivity index (χ1) is 12.7. The molecule has 27 heavy (non-hydrogen) atoms. The summed E-state index contributed by atoms with van der Waals surface area (Å²) in [6.07, 6.45) is 1.06. The molecule has 0 radical (unpaired) electrons. The molecule has 1 aromatic rings.